The average Bonchev–Trinajstić information content (AvgIpc) is 3.14. The van der Waals surface area contributed by atoms with Gasteiger partial charge in [-0.25, -0.2) is 4.39 Å². The highest BCUT2D eigenvalue weighted by molar-refractivity contribution is 7.98. The van der Waals surface area contributed by atoms with Gasteiger partial charge >= 0.3 is 0 Å². The predicted molar refractivity (Wildman–Crippen MR) is 74.8 cm³/mol. The third kappa shape index (κ3) is 3.12. The van der Waals surface area contributed by atoms with Gasteiger partial charge in [0.1, 0.15) is 23.3 Å². The molecule has 2 heterocycles. The van der Waals surface area contributed by atoms with Crippen molar-refractivity contribution in [1.82, 2.24) is 15.1 Å². The van der Waals surface area contributed by atoms with E-state index in [4.69, 9.17) is 9.78 Å². The van der Waals surface area contributed by atoms with E-state index in [0.717, 1.165) is 4.90 Å². The molecule has 0 amide bonds. The molecule has 0 aliphatic heterocycles. The molecule has 104 valence electrons. The van der Waals surface area contributed by atoms with Crippen molar-refractivity contribution < 1.29 is 8.91 Å². The lowest BCUT2D eigenvalue weighted by atomic mass is 10.4. The fourth-order valence-corrected chi connectivity index (χ4v) is 2.50. The zero-order valence-corrected chi connectivity index (χ0v) is 11.5. The van der Waals surface area contributed by atoms with Gasteiger partial charge in [-0.1, -0.05) is 11.2 Å². The Balaban J connectivity index is 1.69. The van der Waals surface area contributed by atoms with E-state index < -0.39 is 0 Å². The lowest BCUT2D eigenvalue weighted by Gasteiger charge is -1.97. The molecule has 0 spiro atoms. The van der Waals surface area contributed by atoms with Crippen LogP contribution in [0.25, 0.3) is 11.6 Å². The summed E-state index contributed by atoms with van der Waals surface area (Å²) in [7, 11) is 0. The lowest BCUT2D eigenvalue weighted by molar-refractivity contribution is 0.424. The summed E-state index contributed by atoms with van der Waals surface area (Å²) in [5.74, 6) is 1.03. The molecule has 5 nitrogen and oxygen atoms in total. The van der Waals surface area contributed by atoms with Gasteiger partial charge in [0.25, 0.3) is 5.89 Å². The van der Waals surface area contributed by atoms with Crippen LogP contribution in [-0.2, 0) is 5.75 Å². The number of nitriles is 1. The Labute approximate surface area is 123 Å². The first-order valence-electron chi connectivity index (χ1n) is 6.05. The first-order valence-corrected chi connectivity index (χ1v) is 7.03. The van der Waals surface area contributed by atoms with Gasteiger partial charge in [-0.15, -0.1) is 11.8 Å². The van der Waals surface area contributed by atoms with E-state index in [-0.39, 0.29) is 5.82 Å². The number of nitrogens with one attached hydrogen (secondary N) is 1. The summed E-state index contributed by atoms with van der Waals surface area (Å²) >= 11 is 1.42. The molecular weight excluding hydrogens is 291 g/mol. The lowest BCUT2D eigenvalue weighted by Crippen LogP contribution is -1.85. The van der Waals surface area contributed by atoms with Crippen molar-refractivity contribution in [3.8, 4) is 17.7 Å². The van der Waals surface area contributed by atoms with Crippen molar-refractivity contribution in [3.05, 3.63) is 53.7 Å². The van der Waals surface area contributed by atoms with Crippen LogP contribution in [0.1, 0.15) is 11.5 Å². The summed E-state index contributed by atoms with van der Waals surface area (Å²) in [4.78, 5) is 7.89. The summed E-state index contributed by atoms with van der Waals surface area (Å²) in [6.07, 6.45) is 0. The Morgan fingerprint density at radius 2 is 2.24 bits per heavy atom. The van der Waals surface area contributed by atoms with E-state index in [1.807, 2.05) is 12.1 Å². The Bertz CT molecular complexity index is 805. The van der Waals surface area contributed by atoms with Crippen LogP contribution in [0, 0.1) is 17.1 Å². The van der Waals surface area contributed by atoms with Gasteiger partial charge in [0.2, 0.25) is 0 Å². The van der Waals surface area contributed by atoms with Crippen molar-refractivity contribution in [2.75, 3.05) is 0 Å². The molecule has 7 heteroatoms. The maximum atomic E-state index is 13.1. The molecule has 0 radical (unpaired) electrons. The second-order valence-corrected chi connectivity index (χ2v) is 5.21. The number of hydrogen-bond donors (Lipinski definition) is 1. The van der Waals surface area contributed by atoms with Gasteiger partial charge in [0.15, 0.2) is 5.82 Å². The topological polar surface area (TPSA) is 78.5 Å². The first-order chi connectivity index (χ1) is 10.2. The SMILES string of the molecule is N#Cc1ccc(-c2nc(CSc3cccc(F)c3)no2)[nH]1. The molecule has 0 bridgehead atoms. The predicted octanol–water partition coefficient (Wildman–Crippen LogP) is 3.37. The fourth-order valence-electron chi connectivity index (χ4n) is 1.71. The molecule has 0 atom stereocenters. The van der Waals surface area contributed by atoms with Gasteiger partial charge in [-0.3, -0.25) is 0 Å². The molecule has 3 aromatic rings. The quantitative estimate of drug-likeness (QED) is 0.747. The highest BCUT2D eigenvalue weighted by atomic mass is 32.2. The molecule has 0 saturated carbocycles. The van der Waals surface area contributed by atoms with E-state index in [9.17, 15) is 4.39 Å². The fraction of sp³-hybridized carbons (Fsp3) is 0.0714. The molecule has 2 aromatic heterocycles. The van der Waals surface area contributed by atoms with E-state index in [2.05, 4.69) is 15.1 Å². The van der Waals surface area contributed by atoms with Gasteiger partial charge in [-0.05, 0) is 30.3 Å². The van der Waals surface area contributed by atoms with E-state index >= 15 is 0 Å². The molecule has 1 N–H and O–H groups in total. The zero-order valence-electron chi connectivity index (χ0n) is 10.7. The van der Waals surface area contributed by atoms with Crippen molar-refractivity contribution in [2.24, 2.45) is 0 Å². The van der Waals surface area contributed by atoms with Crippen LogP contribution in [-0.4, -0.2) is 15.1 Å². The van der Waals surface area contributed by atoms with Crippen molar-refractivity contribution in [3.63, 3.8) is 0 Å². The highest BCUT2D eigenvalue weighted by Gasteiger charge is 2.11. The van der Waals surface area contributed by atoms with Crippen molar-refractivity contribution in [2.45, 2.75) is 10.6 Å². The highest BCUT2D eigenvalue weighted by Crippen LogP contribution is 2.23. The van der Waals surface area contributed by atoms with Crippen LogP contribution < -0.4 is 0 Å². The number of rotatable bonds is 4. The largest absolute Gasteiger partial charge is 0.342 e. The Kier molecular flexibility index (Phi) is 3.71. The Morgan fingerprint density at radius 3 is 3.00 bits per heavy atom. The third-order valence-electron chi connectivity index (χ3n) is 2.67. The number of halogens is 1. The second kappa shape index (κ2) is 5.81. The standard InChI is InChI=1S/C14H9FN4OS/c15-9-2-1-3-11(6-9)21-8-13-18-14(20-19-13)12-5-4-10(7-16)17-12/h1-6,17H,8H2. The summed E-state index contributed by atoms with van der Waals surface area (Å²) < 4.78 is 18.2. The van der Waals surface area contributed by atoms with E-state index in [0.29, 0.717) is 28.9 Å². The number of H-pyrrole nitrogens is 1. The maximum absolute atomic E-state index is 13.1. The van der Waals surface area contributed by atoms with Crippen LogP contribution in [0.5, 0.6) is 0 Å². The first kappa shape index (κ1) is 13.4. The smallest absolute Gasteiger partial charge is 0.274 e. The monoisotopic (exact) mass is 300 g/mol. The van der Waals surface area contributed by atoms with Crippen molar-refractivity contribution in [1.29, 1.82) is 5.26 Å². The summed E-state index contributed by atoms with van der Waals surface area (Å²) in [5.41, 5.74) is 1.03. The minimum absolute atomic E-state index is 0.274. The van der Waals surface area contributed by atoms with Gasteiger partial charge in [0, 0.05) is 4.90 Å². The number of thioether (sulfide) groups is 1. The van der Waals surface area contributed by atoms with Crippen molar-refractivity contribution >= 4 is 11.8 Å². The normalized spacial score (nSPS) is 10.5. The molecule has 0 aliphatic rings. The molecule has 0 aliphatic carbocycles. The number of nitrogens with zero attached hydrogens (tertiary/aromatic N) is 3. The molecule has 0 unspecified atom stereocenters. The minimum Gasteiger partial charge on any atom is -0.342 e. The number of benzene rings is 1. The van der Waals surface area contributed by atoms with Crippen LogP contribution in [0.2, 0.25) is 0 Å². The van der Waals surface area contributed by atoms with E-state index in [1.165, 1.54) is 23.9 Å². The molecule has 3 rings (SSSR count). The third-order valence-corrected chi connectivity index (χ3v) is 3.66. The minimum atomic E-state index is -0.274. The number of hydrogen-bond acceptors (Lipinski definition) is 5. The van der Waals surface area contributed by atoms with Gasteiger partial charge in [-0.2, -0.15) is 10.2 Å². The number of aromatic nitrogens is 3. The van der Waals surface area contributed by atoms with Crippen LogP contribution in [0.4, 0.5) is 4.39 Å². The van der Waals surface area contributed by atoms with Gasteiger partial charge in [0.05, 0.1) is 5.75 Å². The Hall–Kier alpha value is -2.59. The molecule has 0 saturated heterocycles. The summed E-state index contributed by atoms with van der Waals surface area (Å²) in [5, 5.41) is 12.6. The summed E-state index contributed by atoms with van der Waals surface area (Å²) in [6, 6.07) is 11.7. The molecule has 1 aromatic carbocycles. The molecule has 21 heavy (non-hydrogen) atoms. The van der Waals surface area contributed by atoms with Crippen LogP contribution in [0.15, 0.2) is 45.8 Å². The molecular formula is C14H9FN4OS. The Morgan fingerprint density at radius 1 is 1.33 bits per heavy atom. The van der Waals surface area contributed by atoms with E-state index in [1.54, 1.807) is 18.2 Å². The second-order valence-electron chi connectivity index (χ2n) is 4.16. The maximum Gasteiger partial charge on any atom is 0.274 e. The summed E-state index contributed by atoms with van der Waals surface area (Å²) in [6.45, 7) is 0. The number of aromatic amines is 1. The van der Waals surface area contributed by atoms with Crippen LogP contribution >= 0.6 is 11.8 Å². The average molecular weight is 300 g/mol. The van der Waals surface area contributed by atoms with Crippen LogP contribution in [0.3, 0.4) is 0 Å². The van der Waals surface area contributed by atoms with Gasteiger partial charge < -0.3 is 9.51 Å². The zero-order chi connectivity index (χ0) is 14.7. The molecule has 0 fully saturated rings.